The van der Waals surface area contributed by atoms with E-state index >= 15 is 0 Å². The van der Waals surface area contributed by atoms with E-state index in [1.165, 1.54) is 0 Å². The Hall–Kier alpha value is -1.52. The van der Waals surface area contributed by atoms with Crippen molar-refractivity contribution in [3.63, 3.8) is 0 Å². The highest BCUT2D eigenvalue weighted by Crippen LogP contribution is 1.89. The summed E-state index contributed by atoms with van der Waals surface area (Å²) in [5.74, 6) is -0.149. The zero-order valence-corrected chi connectivity index (χ0v) is 6.11. The average molecular weight is 155 g/mol. The van der Waals surface area contributed by atoms with Crippen molar-refractivity contribution in [2.24, 2.45) is 0 Å². The second-order valence-electron chi connectivity index (χ2n) is 2.07. The van der Waals surface area contributed by atoms with Crippen molar-refractivity contribution >= 4 is 5.97 Å². The number of aromatic nitrogens is 2. The van der Waals surface area contributed by atoms with Crippen LogP contribution in [0.2, 0.25) is 0 Å². The highest BCUT2D eigenvalue weighted by Gasteiger charge is 1.97. The molecule has 0 atom stereocenters. The maximum atomic E-state index is 10.1. The third-order valence-corrected chi connectivity index (χ3v) is 1.23. The summed E-state index contributed by atoms with van der Waals surface area (Å²) in [4.78, 5) is 14.0. The van der Waals surface area contributed by atoms with Crippen LogP contribution in [0.5, 0.6) is 0 Å². The van der Waals surface area contributed by atoms with E-state index in [4.69, 9.17) is 5.11 Å². The van der Waals surface area contributed by atoms with Gasteiger partial charge in [0, 0.05) is 12.4 Å². The Bertz CT molecular complexity index is 256. The predicted octanol–water partition coefficient (Wildman–Crippen LogP) is -0.180. The molecule has 0 aliphatic carbocycles. The van der Waals surface area contributed by atoms with E-state index in [-0.39, 0.29) is 6.54 Å². The first-order chi connectivity index (χ1) is 5.20. The van der Waals surface area contributed by atoms with E-state index in [1.807, 2.05) is 0 Å². The van der Waals surface area contributed by atoms with Crippen molar-refractivity contribution in [1.29, 1.82) is 0 Å². The molecule has 0 bridgehead atoms. The number of aryl methyl sites for hydroxylation is 1. The summed E-state index contributed by atoms with van der Waals surface area (Å²) >= 11 is 0. The lowest BCUT2D eigenvalue weighted by Crippen LogP contribution is -2.22. The highest BCUT2D eigenvalue weighted by molar-refractivity contribution is 5.70. The molecule has 0 spiro atoms. The summed E-state index contributed by atoms with van der Waals surface area (Å²) in [5.41, 5.74) is 2.65. The zero-order chi connectivity index (χ0) is 8.27. The molecule has 1 aromatic rings. The molecule has 0 saturated heterocycles. The van der Waals surface area contributed by atoms with Gasteiger partial charge in [-0.2, -0.15) is 0 Å². The minimum absolute atomic E-state index is 0.100. The van der Waals surface area contributed by atoms with E-state index in [0.29, 0.717) is 0 Å². The Balaban J connectivity index is 2.51. The smallest absolute Gasteiger partial charge is 0.324 e. The first-order valence-corrected chi connectivity index (χ1v) is 3.16. The minimum Gasteiger partial charge on any atom is -0.480 e. The molecule has 0 aromatic carbocycles. The third-order valence-electron chi connectivity index (χ3n) is 1.23. The van der Waals surface area contributed by atoms with E-state index in [2.05, 4.69) is 10.4 Å². The topological polar surface area (TPSA) is 67.2 Å². The van der Waals surface area contributed by atoms with Crippen molar-refractivity contribution in [2.45, 2.75) is 6.92 Å². The normalized spacial score (nSPS) is 9.55. The van der Waals surface area contributed by atoms with Gasteiger partial charge in [0.05, 0.1) is 0 Å². The van der Waals surface area contributed by atoms with Gasteiger partial charge >= 0.3 is 5.97 Å². The molecule has 0 fully saturated rings. The SMILES string of the molecule is Cc1nccn1NCC(=O)O. The summed E-state index contributed by atoms with van der Waals surface area (Å²) in [6, 6.07) is 0. The van der Waals surface area contributed by atoms with Crippen LogP contribution in [0.4, 0.5) is 0 Å². The van der Waals surface area contributed by atoms with E-state index in [9.17, 15) is 4.79 Å². The van der Waals surface area contributed by atoms with Crippen LogP contribution in [-0.2, 0) is 4.79 Å². The maximum absolute atomic E-state index is 10.1. The molecule has 60 valence electrons. The highest BCUT2D eigenvalue weighted by atomic mass is 16.4. The van der Waals surface area contributed by atoms with Gasteiger partial charge in [-0.3, -0.25) is 9.47 Å². The molecule has 0 unspecified atom stereocenters. The molecular weight excluding hydrogens is 146 g/mol. The quantitative estimate of drug-likeness (QED) is 0.635. The van der Waals surface area contributed by atoms with Gasteiger partial charge in [-0.05, 0) is 6.92 Å². The standard InChI is InChI=1S/C6H9N3O2/c1-5-7-2-3-9(5)8-4-6(10)11/h2-3,8H,4H2,1H3,(H,10,11). The Morgan fingerprint density at radius 1 is 1.91 bits per heavy atom. The summed E-state index contributed by atoms with van der Waals surface area (Å²) in [5, 5.41) is 8.31. The van der Waals surface area contributed by atoms with Gasteiger partial charge in [0.2, 0.25) is 0 Å². The van der Waals surface area contributed by atoms with Gasteiger partial charge in [-0.15, -0.1) is 0 Å². The summed E-state index contributed by atoms with van der Waals surface area (Å²) in [7, 11) is 0. The number of hydrogen-bond acceptors (Lipinski definition) is 3. The lowest BCUT2D eigenvalue weighted by Gasteiger charge is -2.04. The number of carbonyl (C=O) groups is 1. The van der Waals surface area contributed by atoms with E-state index in [1.54, 1.807) is 24.0 Å². The Morgan fingerprint density at radius 2 is 2.64 bits per heavy atom. The van der Waals surface area contributed by atoms with Crippen molar-refractivity contribution in [3.05, 3.63) is 18.2 Å². The first-order valence-electron chi connectivity index (χ1n) is 3.16. The maximum Gasteiger partial charge on any atom is 0.324 e. The lowest BCUT2D eigenvalue weighted by molar-refractivity contribution is -0.135. The summed E-state index contributed by atoms with van der Waals surface area (Å²) < 4.78 is 1.56. The number of imidazole rings is 1. The number of rotatable bonds is 3. The number of hydrogen-bond donors (Lipinski definition) is 2. The number of carboxylic acid groups (broad SMARTS) is 1. The van der Waals surface area contributed by atoms with Crippen LogP contribution in [0.1, 0.15) is 5.82 Å². The lowest BCUT2D eigenvalue weighted by atomic mass is 10.7. The van der Waals surface area contributed by atoms with Gasteiger partial charge in [0.25, 0.3) is 0 Å². The molecule has 11 heavy (non-hydrogen) atoms. The summed E-state index contributed by atoms with van der Waals surface area (Å²) in [6.07, 6.45) is 3.27. The summed E-state index contributed by atoms with van der Waals surface area (Å²) in [6.45, 7) is 1.69. The molecule has 0 aliphatic heterocycles. The van der Waals surface area contributed by atoms with Gasteiger partial charge in [0.1, 0.15) is 12.4 Å². The monoisotopic (exact) mass is 155 g/mol. The van der Waals surface area contributed by atoms with Crippen LogP contribution >= 0.6 is 0 Å². The van der Waals surface area contributed by atoms with Crippen molar-refractivity contribution in [2.75, 3.05) is 12.0 Å². The van der Waals surface area contributed by atoms with Crippen molar-refractivity contribution in [3.8, 4) is 0 Å². The third kappa shape index (κ3) is 1.96. The Labute approximate surface area is 63.6 Å². The van der Waals surface area contributed by atoms with Gasteiger partial charge in [0.15, 0.2) is 0 Å². The molecule has 2 N–H and O–H groups in total. The van der Waals surface area contributed by atoms with Gasteiger partial charge < -0.3 is 10.5 Å². The molecular formula is C6H9N3O2. The average Bonchev–Trinajstić information content (AvgIpc) is 2.31. The second-order valence-corrected chi connectivity index (χ2v) is 2.07. The van der Waals surface area contributed by atoms with Crippen LogP contribution in [0.25, 0.3) is 0 Å². The molecule has 0 amide bonds. The molecule has 0 saturated carbocycles. The van der Waals surface area contributed by atoms with E-state index in [0.717, 1.165) is 5.82 Å². The second kappa shape index (κ2) is 3.05. The van der Waals surface area contributed by atoms with E-state index < -0.39 is 5.97 Å². The molecule has 1 aromatic heterocycles. The van der Waals surface area contributed by atoms with Gasteiger partial charge in [-0.25, -0.2) is 4.98 Å². The molecule has 5 heteroatoms. The first kappa shape index (κ1) is 7.59. The van der Waals surface area contributed by atoms with Crippen LogP contribution in [0.15, 0.2) is 12.4 Å². The van der Waals surface area contributed by atoms with Crippen LogP contribution in [-0.4, -0.2) is 27.3 Å². The fourth-order valence-electron chi connectivity index (χ4n) is 0.698. The molecule has 1 rings (SSSR count). The predicted molar refractivity (Wildman–Crippen MR) is 38.8 cm³/mol. The number of aliphatic carboxylic acids is 1. The molecule has 5 nitrogen and oxygen atoms in total. The fourth-order valence-corrected chi connectivity index (χ4v) is 0.698. The molecule has 0 aliphatic rings. The van der Waals surface area contributed by atoms with Crippen LogP contribution in [0.3, 0.4) is 0 Å². The number of nitrogens with one attached hydrogen (secondary N) is 1. The van der Waals surface area contributed by atoms with Crippen LogP contribution in [0, 0.1) is 6.92 Å². The number of carboxylic acids is 1. The molecule has 1 heterocycles. The van der Waals surface area contributed by atoms with Crippen molar-refractivity contribution in [1.82, 2.24) is 9.66 Å². The van der Waals surface area contributed by atoms with Crippen LogP contribution < -0.4 is 5.43 Å². The van der Waals surface area contributed by atoms with Crippen molar-refractivity contribution < 1.29 is 9.90 Å². The Kier molecular flexibility index (Phi) is 2.10. The zero-order valence-electron chi connectivity index (χ0n) is 6.11. The fraction of sp³-hybridized carbons (Fsp3) is 0.333. The largest absolute Gasteiger partial charge is 0.480 e. The Morgan fingerprint density at radius 3 is 3.09 bits per heavy atom. The number of nitrogens with zero attached hydrogens (tertiary/aromatic N) is 2. The minimum atomic E-state index is -0.891. The van der Waals surface area contributed by atoms with Gasteiger partial charge in [-0.1, -0.05) is 0 Å². The molecule has 0 radical (unpaired) electrons.